The van der Waals surface area contributed by atoms with Crippen molar-refractivity contribution in [1.29, 1.82) is 0 Å². The van der Waals surface area contributed by atoms with Crippen molar-refractivity contribution < 1.29 is 24.3 Å². The second-order valence-corrected chi connectivity index (χ2v) is 5.59. The molecule has 0 unspecified atom stereocenters. The summed E-state index contributed by atoms with van der Waals surface area (Å²) in [5.74, 6) is -4.05. The van der Waals surface area contributed by atoms with Crippen LogP contribution in [0.2, 0.25) is 0 Å². The van der Waals surface area contributed by atoms with Crippen LogP contribution < -0.4 is 15.7 Å². The van der Waals surface area contributed by atoms with Crippen LogP contribution in [0.4, 0.5) is 10.5 Å². The summed E-state index contributed by atoms with van der Waals surface area (Å²) in [5.41, 5.74) is 0.327. The summed E-state index contributed by atoms with van der Waals surface area (Å²) < 4.78 is 0. The molecule has 1 heterocycles. The fourth-order valence-electron chi connectivity index (χ4n) is 2.43. The van der Waals surface area contributed by atoms with Crippen LogP contribution in [-0.2, 0) is 9.59 Å². The van der Waals surface area contributed by atoms with E-state index >= 15 is 0 Å². The van der Waals surface area contributed by atoms with Gasteiger partial charge in [-0.1, -0.05) is 32.1 Å². The van der Waals surface area contributed by atoms with E-state index in [1.54, 1.807) is 6.07 Å². The van der Waals surface area contributed by atoms with E-state index in [1.165, 1.54) is 18.2 Å². The zero-order valence-electron chi connectivity index (χ0n) is 13.7. The topological polar surface area (TPSA) is 119 Å². The van der Waals surface area contributed by atoms with Gasteiger partial charge in [-0.3, -0.25) is 19.8 Å². The number of carbonyl (C=O) groups excluding carboxylic acids is 4. The van der Waals surface area contributed by atoms with Gasteiger partial charge in [0.25, 0.3) is 0 Å². The molecule has 8 nitrogen and oxygen atoms in total. The van der Waals surface area contributed by atoms with Crippen molar-refractivity contribution in [3.63, 3.8) is 0 Å². The summed E-state index contributed by atoms with van der Waals surface area (Å²) in [6.45, 7) is 5.82. The zero-order chi connectivity index (χ0) is 18.6. The SMILES string of the molecule is C=C(Nc1cccc(C(=O)[O-])c1)[C@@H]1C(=O)NC(=O)N(CCCC)C1=O. The molecule has 1 aromatic rings. The first-order chi connectivity index (χ1) is 11.8. The second-order valence-electron chi connectivity index (χ2n) is 5.59. The smallest absolute Gasteiger partial charge is 0.330 e. The minimum Gasteiger partial charge on any atom is -0.545 e. The fourth-order valence-corrected chi connectivity index (χ4v) is 2.43. The molecule has 1 atom stereocenters. The van der Waals surface area contributed by atoms with Gasteiger partial charge in [0.1, 0.15) is 0 Å². The van der Waals surface area contributed by atoms with Crippen LogP contribution in [0.5, 0.6) is 0 Å². The van der Waals surface area contributed by atoms with Crippen molar-refractivity contribution in [2.24, 2.45) is 5.92 Å². The standard InChI is InChI=1S/C17H19N3O5/c1-3-4-8-20-15(22)13(14(21)19-17(20)25)10(2)18-12-7-5-6-11(9-12)16(23)24/h5-7,9,13,18H,2-4,8H2,1H3,(H,23,24)(H,19,21,25)/p-1/t13-/m1/s1. The Labute approximate surface area is 144 Å². The zero-order valence-corrected chi connectivity index (χ0v) is 13.7. The van der Waals surface area contributed by atoms with Crippen LogP contribution in [0.25, 0.3) is 0 Å². The first kappa shape index (κ1) is 18.2. The van der Waals surface area contributed by atoms with Crippen molar-refractivity contribution in [3.8, 4) is 0 Å². The maximum Gasteiger partial charge on any atom is 0.330 e. The summed E-state index contributed by atoms with van der Waals surface area (Å²) in [7, 11) is 0. The van der Waals surface area contributed by atoms with Crippen molar-refractivity contribution in [2.45, 2.75) is 19.8 Å². The Morgan fingerprint density at radius 3 is 2.72 bits per heavy atom. The number of unbranched alkanes of at least 4 members (excludes halogenated alkanes) is 1. The van der Waals surface area contributed by atoms with E-state index in [9.17, 15) is 24.3 Å². The summed E-state index contributed by atoms with van der Waals surface area (Å²) >= 11 is 0. The molecule has 1 fully saturated rings. The van der Waals surface area contributed by atoms with E-state index in [0.29, 0.717) is 12.1 Å². The molecular weight excluding hydrogens is 326 g/mol. The van der Waals surface area contributed by atoms with E-state index in [2.05, 4.69) is 17.2 Å². The Morgan fingerprint density at radius 1 is 1.36 bits per heavy atom. The number of carbonyl (C=O) groups is 4. The first-order valence-corrected chi connectivity index (χ1v) is 7.78. The van der Waals surface area contributed by atoms with Gasteiger partial charge < -0.3 is 15.2 Å². The number of hydrogen-bond acceptors (Lipinski definition) is 6. The lowest BCUT2D eigenvalue weighted by Gasteiger charge is -2.31. The molecule has 0 aromatic heterocycles. The van der Waals surface area contributed by atoms with Gasteiger partial charge in [-0.15, -0.1) is 0 Å². The van der Waals surface area contributed by atoms with Crippen LogP contribution in [0.3, 0.4) is 0 Å². The largest absolute Gasteiger partial charge is 0.545 e. The lowest BCUT2D eigenvalue weighted by Crippen LogP contribution is -2.58. The molecule has 132 valence electrons. The average Bonchev–Trinajstić information content (AvgIpc) is 2.54. The molecule has 1 aliphatic heterocycles. The molecular formula is C17H18N3O5-. The molecule has 25 heavy (non-hydrogen) atoms. The highest BCUT2D eigenvalue weighted by molar-refractivity contribution is 6.18. The predicted molar refractivity (Wildman–Crippen MR) is 87.2 cm³/mol. The molecule has 2 rings (SSSR count). The number of imide groups is 2. The predicted octanol–water partition coefficient (Wildman–Crippen LogP) is 0.470. The molecule has 1 aliphatic rings. The highest BCUT2D eigenvalue weighted by Crippen LogP contribution is 2.21. The third kappa shape index (κ3) is 4.03. The second kappa shape index (κ2) is 7.61. The molecule has 1 saturated heterocycles. The van der Waals surface area contributed by atoms with Crippen LogP contribution in [-0.4, -0.2) is 35.3 Å². The lowest BCUT2D eigenvalue weighted by molar-refractivity contribution is -0.255. The van der Waals surface area contributed by atoms with E-state index in [-0.39, 0.29) is 17.8 Å². The minimum atomic E-state index is -1.35. The quantitative estimate of drug-likeness (QED) is 0.694. The van der Waals surface area contributed by atoms with Crippen LogP contribution in [0.1, 0.15) is 30.1 Å². The van der Waals surface area contributed by atoms with Gasteiger partial charge in [-0.05, 0) is 24.1 Å². The van der Waals surface area contributed by atoms with Crippen molar-refractivity contribution >= 4 is 29.5 Å². The molecule has 1 aromatic carbocycles. The third-order valence-electron chi connectivity index (χ3n) is 3.74. The van der Waals surface area contributed by atoms with Gasteiger partial charge in [-0.25, -0.2) is 4.79 Å². The Morgan fingerprint density at radius 2 is 2.08 bits per heavy atom. The first-order valence-electron chi connectivity index (χ1n) is 7.78. The summed E-state index contributed by atoms with van der Waals surface area (Å²) in [6.07, 6.45) is 1.40. The van der Waals surface area contributed by atoms with E-state index in [4.69, 9.17) is 0 Å². The molecule has 8 heteroatoms. The Hall–Kier alpha value is -3.16. The van der Waals surface area contributed by atoms with Gasteiger partial charge in [0, 0.05) is 17.9 Å². The van der Waals surface area contributed by atoms with E-state index in [0.717, 1.165) is 11.3 Å². The number of rotatable bonds is 7. The Balaban J connectivity index is 2.17. The van der Waals surface area contributed by atoms with Gasteiger partial charge in [-0.2, -0.15) is 0 Å². The fraction of sp³-hybridized carbons (Fsp3) is 0.294. The number of carboxylic acid groups (broad SMARTS) is 1. The number of benzene rings is 1. The number of nitrogens with one attached hydrogen (secondary N) is 2. The molecule has 0 spiro atoms. The van der Waals surface area contributed by atoms with Crippen molar-refractivity contribution in [1.82, 2.24) is 10.2 Å². The van der Waals surface area contributed by atoms with E-state index in [1.807, 2.05) is 6.92 Å². The van der Waals surface area contributed by atoms with Crippen molar-refractivity contribution in [2.75, 3.05) is 11.9 Å². The van der Waals surface area contributed by atoms with Gasteiger partial charge in [0.15, 0.2) is 5.92 Å². The summed E-state index contributed by atoms with van der Waals surface area (Å²) in [5, 5.41) is 15.8. The van der Waals surface area contributed by atoms with Crippen molar-refractivity contribution in [3.05, 3.63) is 42.1 Å². The average molecular weight is 344 g/mol. The Kier molecular flexibility index (Phi) is 5.53. The number of hydrogen-bond donors (Lipinski definition) is 2. The number of anilines is 1. The molecule has 0 saturated carbocycles. The number of amides is 4. The number of barbiturate groups is 1. The Bertz CT molecular complexity index is 744. The normalized spacial score (nSPS) is 17.2. The highest BCUT2D eigenvalue weighted by Gasteiger charge is 2.41. The maximum atomic E-state index is 12.5. The number of carboxylic acids is 1. The number of nitrogens with zero attached hydrogens (tertiary/aromatic N) is 1. The molecule has 4 amide bonds. The van der Waals surface area contributed by atoms with Gasteiger partial charge in [0.2, 0.25) is 11.8 Å². The van der Waals surface area contributed by atoms with Gasteiger partial charge in [0.05, 0.1) is 5.97 Å². The minimum absolute atomic E-state index is 0.0481. The number of urea groups is 1. The van der Waals surface area contributed by atoms with Crippen LogP contribution in [0, 0.1) is 5.92 Å². The van der Waals surface area contributed by atoms with E-state index < -0.39 is 29.7 Å². The lowest BCUT2D eigenvalue weighted by atomic mass is 10.0. The van der Waals surface area contributed by atoms with Gasteiger partial charge >= 0.3 is 6.03 Å². The third-order valence-corrected chi connectivity index (χ3v) is 3.74. The molecule has 2 N–H and O–H groups in total. The summed E-state index contributed by atoms with van der Waals surface area (Å²) in [4.78, 5) is 48.3. The monoisotopic (exact) mass is 344 g/mol. The van der Waals surface area contributed by atoms with Crippen LogP contribution >= 0.6 is 0 Å². The number of aromatic carboxylic acids is 1. The highest BCUT2D eigenvalue weighted by atomic mass is 16.4. The maximum absolute atomic E-state index is 12.5. The van der Waals surface area contributed by atoms with Crippen LogP contribution in [0.15, 0.2) is 36.5 Å². The summed E-state index contributed by atoms with van der Waals surface area (Å²) in [6, 6.07) is 4.95. The molecule has 0 aliphatic carbocycles. The molecule has 0 bridgehead atoms. The molecule has 0 radical (unpaired) electrons.